The van der Waals surface area contributed by atoms with Gasteiger partial charge in [0.15, 0.2) is 0 Å². The Morgan fingerprint density at radius 3 is 3.00 bits per heavy atom. The Morgan fingerprint density at radius 1 is 1.75 bits per heavy atom. The van der Waals surface area contributed by atoms with Crippen LogP contribution in [0.1, 0.15) is 6.92 Å². The highest BCUT2D eigenvalue weighted by Gasteiger charge is 1.88. The predicted octanol–water partition coefficient (Wildman–Crippen LogP) is -0.281. The first-order valence-electron chi connectivity index (χ1n) is 3.48. The zero-order valence-electron chi connectivity index (χ0n) is 6.54. The van der Waals surface area contributed by atoms with Gasteiger partial charge in [-0.2, -0.15) is 0 Å². The first-order chi connectivity index (χ1) is 5.77. The molecule has 1 aromatic heterocycles. The van der Waals surface area contributed by atoms with Gasteiger partial charge in [-0.1, -0.05) is 18.5 Å². The fourth-order valence-electron chi connectivity index (χ4n) is 0.723. The summed E-state index contributed by atoms with van der Waals surface area (Å²) in [6.45, 7) is 2.06. The topological polar surface area (TPSA) is 45.4 Å². The SMILES string of the molecule is CCO/C([O-])=c1\cc/c(=C\Cl)o1. The third kappa shape index (κ3) is 1.95. The van der Waals surface area contributed by atoms with Crippen LogP contribution in [0.2, 0.25) is 0 Å². The minimum atomic E-state index is -0.470. The van der Waals surface area contributed by atoms with Crippen LogP contribution >= 0.6 is 11.6 Å². The third-order valence-corrected chi connectivity index (χ3v) is 1.43. The van der Waals surface area contributed by atoms with Crippen molar-refractivity contribution in [3.05, 3.63) is 23.0 Å². The average Bonchev–Trinajstić information content (AvgIpc) is 2.52. The lowest BCUT2D eigenvalue weighted by Gasteiger charge is -2.09. The van der Waals surface area contributed by atoms with Crippen LogP contribution in [0.3, 0.4) is 0 Å². The molecule has 0 fully saturated rings. The van der Waals surface area contributed by atoms with Gasteiger partial charge in [0.1, 0.15) is 10.8 Å². The van der Waals surface area contributed by atoms with E-state index in [1.165, 1.54) is 11.6 Å². The molecule has 66 valence electrons. The summed E-state index contributed by atoms with van der Waals surface area (Å²) >= 11 is 5.35. The highest BCUT2D eigenvalue weighted by molar-refractivity contribution is 6.38. The molecule has 1 heterocycles. The van der Waals surface area contributed by atoms with Crippen molar-refractivity contribution >= 4 is 23.1 Å². The second kappa shape index (κ2) is 4.07. The quantitative estimate of drug-likeness (QED) is 0.640. The van der Waals surface area contributed by atoms with Gasteiger partial charge in [-0.05, 0) is 18.7 Å². The van der Waals surface area contributed by atoms with Gasteiger partial charge in [0.2, 0.25) is 0 Å². The Labute approximate surface area is 74.5 Å². The van der Waals surface area contributed by atoms with Gasteiger partial charge in [-0.3, -0.25) is 0 Å². The van der Waals surface area contributed by atoms with Crippen molar-refractivity contribution < 1.29 is 14.3 Å². The summed E-state index contributed by atoms with van der Waals surface area (Å²) in [5, 5.41) is 11.0. The van der Waals surface area contributed by atoms with E-state index in [0.29, 0.717) is 12.0 Å². The minimum Gasteiger partial charge on any atom is -0.611 e. The molecule has 0 aliphatic heterocycles. The molecule has 0 aliphatic carbocycles. The smallest absolute Gasteiger partial charge is 0.149 e. The second-order valence-corrected chi connectivity index (χ2v) is 2.25. The number of furan rings is 1. The van der Waals surface area contributed by atoms with Gasteiger partial charge < -0.3 is 14.3 Å². The zero-order chi connectivity index (χ0) is 8.97. The molecule has 0 aliphatic rings. The van der Waals surface area contributed by atoms with E-state index >= 15 is 0 Å². The van der Waals surface area contributed by atoms with E-state index in [4.69, 9.17) is 20.8 Å². The Morgan fingerprint density at radius 2 is 2.50 bits per heavy atom. The molecule has 0 unspecified atom stereocenters. The lowest BCUT2D eigenvalue weighted by atomic mass is 10.6. The maximum atomic E-state index is 11.0. The first-order valence-corrected chi connectivity index (χ1v) is 3.92. The molecule has 0 radical (unpaired) electrons. The largest absolute Gasteiger partial charge is 0.611 e. The molecule has 1 aromatic rings. The van der Waals surface area contributed by atoms with E-state index in [9.17, 15) is 5.11 Å². The highest BCUT2D eigenvalue weighted by Crippen LogP contribution is 1.83. The number of halogens is 1. The fraction of sp³-hybridized carbons (Fsp3) is 0.250. The van der Waals surface area contributed by atoms with E-state index in [1.807, 2.05) is 0 Å². The van der Waals surface area contributed by atoms with Crippen molar-refractivity contribution in [2.45, 2.75) is 6.92 Å². The monoisotopic (exact) mass is 187 g/mol. The maximum Gasteiger partial charge on any atom is 0.149 e. The zero-order valence-corrected chi connectivity index (χ0v) is 7.30. The number of rotatable bonds is 2. The number of hydrogen-bond acceptors (Lipinski definition) is 3. The molecule has 0 aromatic carbocycles. The summed E-state index contributed by atoms with van der Waals surface area (Å²) in [5.74, 6) is -0.470. The summed E-state index contributed by atoms with van der Waals surface area (Å²) < 4.78 is 9.68. The van der Waals surface area contributed by atoms with Gasteiger partial charge >= 0.3 is 0 Å². The molecule has 0 spiro atoms. The van der Waals surface area contributed by atoms with E-state index < -0.39 is 5.95 Å². The Balaban J connectivity index is 3.09. The third-order valence-electron chi connectivity index (χ3n) is 1.21. The van der Waals surface area contributed by atoms with E-state index in [0.717, 1.165) is 0 Å². The van der Waals surface area contributed by atoms with Gasteiger partial charge in [0, 0.05) is 5.54 Å². The lowest BCUT2D eigenvalue weighted by molar-refractivity contribution is -0.292. The van der Waals surface area contributed by atoms with Gasteiger partial charge in [0.05, 0.1) is 5.95 Å². The van der Waals surface area contributed by atoms with Crippen LogP contribution in [0.5, 0.6) is 0 Å². The van der Waals surface area contributed by atoms with Gasteiger partial charge in [-0.15, -0.1) is 0 Å². The maximum absolute atomic E-state index is 11.0. The number of ether oxygens (including phenoxy) is 1. The molecular weight excluding hydrogens is 180 g/mol. The molecule has 0 saturated carbocycles. The molecule has 12 heavy (non-hydrogen) atoms. The van der Waals surface area contributed by atoms with Crippen molar-refractivity contribution in [3.63, 3.8) is 0 Å². The normalized spacial score (nSPS) is 14.7. The van der Waals surface area contributed by atoms with Crippen LogP contribution in [0.4, 0.5) is 0 Å². The van der Waals surface area contributed by atoms with Crippen LogP contribution in [0.15, 0.2) is 16.5 Å². The molecule has 1 rings (SSSR count). The molecule has 0 bridgehead atoms. The molecule has 0 saturated heterocycles. The lowest BCUT2D eigenvalue weighted by Crippen LogP contribution is -2.17. The van der Waals surface area contributed by atoms with Gasteiger partial charge in [0.25, 0.3) is 0 Å². The van der Waals surface area contributed by atoms with Gasteiger partial charge in [-0.25, -0.2) is 0 Å². The van der Waals surface area contributed by atoms with E-state index in [1.54, 1.807) is 13.0 Å². The van der Waals surface area contributed by atoms with Crippen molar-refractivity contribution in [1.82, 2.24) is 0 Å². The predicted molar refractivity (Wildman–Crippen MR) is 43.3 cm³/mol. The van der Waals surface area contributed by atoms with Crippen LogP contribution < -0.4 is 15.9 Å². The van der Waals surface area contributed by atoms with Crippen LogP contribution in [0.25, 0.3) is 11.5 Å². The molecule has 4 heteroatoms. The second-order valence-electron chi connectivity index (χ2n) is 2.03. The molecule has 0 N–H and O–H groups in total. The highest BCUT2D eigenvalue weighted by atomic mass is 35.5. The molecule has 3 nitrogen and oxygen atoms in total. The van der Waals surface area contributed by atoms with Crippen molar-refractivity contribution in [2.75, 3.05) is 6.61 Å². The minimum absolute atomic E-state index is 0.170. The molecule has 0 atom stereocenters. The average molecular weight is 188 g/mol. The molecular formula is C8H8ClO3-. The van der Waals surface area contributed by atoms with Crippen molar-refractivity contribution in [1.29, 1.82) is 0 Å². The Kier molecular flexibility index (Phi) is 3.05. The van der Waals surface area contributed by atoms with E-state index in [2.05, 4.69) is 0 Å². The summed E-state index contributed by atoms with van der Waals surface area (Å²) in [5.41, 5.74) is 1.87. The summed E-state index contributed by atoms with van der Waals surface area (Å²) in [6, 6.07) is 3.12. The van der Waals surface area contributed by atoms with E-state index in [-0.39, 0.29) is 5.42 Å². The van der Waals surface area contributed by atoms with Crippen molar-refractivity contribution in [3.8, 4) is 0 Å². The standard InChI is InChI=1S/C8H9ClO3/c1-2-11-8(10)7-4-3-6(5-9)12-7/h3-5,10H,2H2,1H3/p-1/b6-5+,8-7+. The number of hydrogen-bond donors (Lipinski definition) is 0. The summed E-state index contributed by atoms with van der Waals surface area (Å²) in [4.78, 5) is 0. The van der Waals surface area contributed by atoms with Crippen LogP contribution in [-0.2, 0) is 4.74 Å². The Bertz CT molecular complexity index is 353. The molecule has 0 amide bonds. The summed E-state index contributed by atoms with van der Waals surface area (Å²) in [7, 11) is 0. The fourth-order valence-corrected chi connectivity index (χ4v) is 0.841. The Hall–Kier alpha value is -1.09. The summed E-state index contributed by atoms with van der Waals surface area (Å²) in [6.07, 6.45) is 0. The van der Waals surface area contributed by atoms with Crippen LogP contribution in [0, 0.1) is 0 Å². The first kappa shape index (κ1) is 9.00. The van der Waals surface area contributed by atoms with Crippen molar-refractivity contribution in [2.24, 2.45) is 0 Å². The van der Waals surface area contributed by atoms with Crippen LogP contribution in [-0.4, -0.2) is 6.61 Å².